The van der Waals surface area contributed by atoms with E-state index >= 15 is 0 Å². The van der Waals surface area contributed by atoms with Gasteiger partial charge in [0.2, 0.25) is 0 Å². The smallest absolute Gasteiger partial charge is 0.148 e. The molecular formula is C14H13FN2S. The van der Waals surface area contributed by atoms with Gasteiger partial charge in [0.25, 0.3) is 0 Å². The van der Waals surface area contributed by atoms with E-state index in [-0.39, 0.29) is 5.82 Å². The molecule has 0 atom stereocenters. The maximum absolute atomic E-state index is 13.8. The lowest BCUT2D eigenvalue weighted by atomic mass is 10.1. The van der Waals surface area contributed by atoms with Crippen molar-refractivity contribution in [3.8, 4) is 0 Å². The Balaban J connectivity index is 1.77. The quantitative estimate of drug-likeness (QED) is 0.815. The molecule has 0 aliphatic carbocycles. The average molecular weight is 260 g/mol. The van der Waals surface area contributed by atoms with Gasteiger partial charge < -0.3 is 10.0 Å². The summed E-state index contributed by atoms with van der Waals surface area (Å²) < 4.78 is 16.9. The Hall–Kier alpha value is -1.68. The minimum atomic E-state index is -0.209. The van der Waals surface area contributed by atoms with Gasteiger partial charge in [-0.05, 0) is 29.1 Å². The third kappa shape index (κ3) is 2.29. The highest BCUT2D eigenvalue weighted by Gasteiger charge is 2.14. The summed E-state index contributed by atoms with van der Waals surface area (Å²) in [7, 11) is 0. The van der Waals surface area contributed by atoms with Gasteiger partial charge in [0.15, 0.2) is 0 Å². The first-order valence-corrected chi connectivity index (χ1v) is 6.79. The molecule has 0 amide bonds. The van der Waals surface area contributed by atoms with E-state index in [1.54, 1.807) is 18.0 Å². The van der Waals surface area contributed by atoms with Crippen LogP contribution in [0.4, 0.5) is 15.8 Å². The fraction of sp³-hybridized carbons (Fsp3) is 0.143. The third-order valence-corrected chi connectivity index (χ3v) is 3.75. The van der Waals surface area contributed by atoms with E-state index in [9.17, 15) is 4.39 Å². The number of hydrogen-bond acceptors (Lipinski definition) is 3. The normalized spacial score (nSPS) is 12.9. The molecular weight excluding hydrogens is 247 g/mol. The molecule has 1 aliphatic heterocycles. The molecule has 3 rings (SSSR count). The Kier molecular flexibility index (Phi) is 3.11. The SMILES string of the molecule is Fc1cc2c(cc1NCc1ccccc1)CSN2. The van der Waals surface area contributed by atoms with Crippen LogP contribution >= 0.6 is 11.9 Å². The number of anilines is 2. The molecule has 1 aliphatic rings. The first-order valence-electron chi connectivity index (χ1n) is 5.81. The first kappa shape index (κ1) is 11.4. The summed E-state index contributed by atoms with van der Waals surface area (Å²) in [6.07, 6.45) is 0. The third-order valence-electron chi connectivity index (χ3n) is 2.93. The molecule has 18 heavy (non-hydrogen) atoms. The van der Waals surface area contributed by atoms with Gasteiger partial charge in [0, 0.05) is 18.4 Å². The van der Waals surface area contributed by atoms with Crippen LogP contribution in [-0.4, -0.2) is 0 Å². The zero-order chi connectivity index (χ0) is 12.4. The molecule has 0 saturated heterocycles. The van der Waals surface area contributed by atoms with Crippen molar-refractivity contribution in [1.82, 2.24) is 0 Å². The molecule has 0 saturated carbocycles. The van der Waals surface area contributed by atoms with Gasteiger partial charge in [-0.25, -0.2) is 4.39 Å². The average Bonchev–Trinajstić information content (AvgIpc) is 2.84. The Morgan fingerprint density at radius 1 is 1.22 bits per heavy atom. The summed E-state index contributed by atoms with van der Waals surface area (Å²) in [6, 6.07) is 13.4. The second kappa shape index (κ2) is 4.90. The Bertz CT molecular complexity index is 557. The van der Waals surface area contributed by atoms with Crippen molar-refractivity contribution in [2.75, 3.05) is 10.0 Å². The standard InChI is InChI=1S/C14H13FN2S/c15-12-7-13-11(9-18-17-13)6-14(12)16-8-10-4-2-1-3-5-10/h1-7,16-17H,8-9H2. The van der Waals surface area contributed by atoms with Crippen LogP contribution in [0.3, 0.4) is 0 Å². The molecule has 1 heterocycles. The second-order valence-electron chi connectivity index (χ2n) is 4.22. The number of hydrogen-bond donors (Lipinski definition) is 2. The molecule has 0 bridgehead atoms. The van der Waals surface area contributed by atoms with Crippen molar-refractivity contribution < 1.29 is 4.39 Å². The fourth-order valence-corrected chi connectivity index (χ4v) is 2.76. The molecule has 0 unspecified atom stereocenters. The highest BCUT2D eigenvalue weighted by atomic mass is 32.2. The largest absolute Gasteiger partial charge is 0.379 e. The van der Waals surface area contributed by atoms with Gasteiger partial charge in [0.1, 0.15) is 5.82 Å². The summed E-state index contributed by atoms with van der Waals surface area (Å²) in [6.45, 7) is 0.636. The van der Waals surface area contributed by atoms with E-state index in [2.05, 4.69) is 10.0 Å². The topological polar surface area (TPSA) is 24.1 Å². The van der Waals surface area contributed by atoms with E-state index in [1.165, 1.54) is 0 Å². The summed E-state index contributed by atoms with van der Waals surface area (Å²) in [5.41, 5.74) is 3.76. The zero-order valence-electron chi connectivity index (χ0n) is 9.74. The lowest BCUT2D eigenvalue weighted by Gasteiger charge is -2.09. The van der Waals surface area contributed by atoms with E-state index < -0.39 is 0 Å². The number of benzene rings is 2. The van der Waals surface area contributed by atoms with Gasteiger partial charge in [-0.1, -0.05) is 30.3 Å². The monoisotopic (exact) mass is 260 g/mol. The predicted octanol–water partition coefficient (Wildman–Crippen LogP) is 4.01. The molecule has 0 spiro atoms. The highest BCUT2D eigenvalue weighted by molar-refractivity contribution is 8.00. The van der Waals surface area contributed by atoms with Gasteiger partial charge in [-0.2, -0.15) is 0 Å². The molecule has 0 aromatic heterocycles. The maximum Gasteiger partial charge on any atom is 0.148 e. The van der Waals surface area contributed by atoms with Crippen LogP contribution < -0.4 is 10.0 Å². The molecule has 2 N–H and O–H groups in total. The van der Waals surface area contributed by atoms with E-state index in [4.69, 9.17) is 0 Å². The minimum absolute atomic E-state index is 0.209. The maximum atomic E-state index is 13.8. The van der Waals surface area contributed by atoms with Crippen molar-refractivity contribution >= 4 is 23.3 Å². The molecule has 0 fully saturated rings. The molecule has 0 radical (unpaired) electrons. The molecule has 2 aromatic carbocycles. The Morgan fingerprint density at radius 3 is 2.89 bits per heavy atom. The van der Waals surface area contributed by atoms with Crippen molar-refractivity contribution in [3.05, 3.63) is 59.4 Å². The lowest BCUT2D eigenvalue weighted by molar-refractivity contribution is 0.630. The zero-order valence-corrected chi connectivity index (χ0v) is 10.6. The summed E-state index contributed by atoms with van der Waals surface area (Å²) >= 11 is 1.59. The van der Waals surface area contributed by atoms with Crippen LogP contribution in [-0.2, 0) is 12.3 Å². The van der Waals surface area contributed by atoms with Crippen molar-refractivity contribution in [3.63, 3.8) is 0 Å². The molecule has 2 aromatic rings. The van der Waals surface area contributed by atoms with Gasteiger partial charge in [-0.15, -0.1) is 0 Å². The van der Waals surface area contributed by atoms with Crippen LogP contribution in [0.1, 0.15) is 11.1 Å². The highest BCUT2D eigenvalue weighted by Crippen LogP contribution is 2.34. The Labute approximate surface area is 110 Å². The van der Waals surface area contributed by atoms with Crippen LogP contribution in [0.5, 0.6) is 0 Å². The van der Waals surface area contributed by atoms with Gasteiger partial charge in [-0.3, -0.25) is 0 Å². The Morgan fingerprint density at radius 2 is 2.06 bits per heavy atom. The van der Waals surface area contributed by atoms with Crippen LogP contribution in [0.2, 0.25) is 0 Å². The van der Waals surface area contributed by atoms with E-state index in [0.29, 0.717) is 12.2 Å². The molecule has 4 heteroatoms. The van der Waals surface area contributed by atoms with Crippen LogP contribution in [0, 0.1) is 5.82 Å². The second-order valence-corrected chi connectivity index (χ2v) is 5.00. The minimum Gasteiger partial charge on any atom is -0.379 e. The van der Waals surface area contributed by atoms with E-state index in [0.717, 1.165) is 22.6 Å². The number of nitrogens with one attached hydrogen (secondary N) is 2. The molecule has 2 nitrogen and oxygen atoms in total. The first-order chi connectivity index (χ1) is 8.83. The molecule has 92 valence electrons. The van der Waals surface area contributed by atoms with Gasteiger partial charge >= 0.3 is 0 Å². The summed E-state index contributed by atoms with van der Waals surface area (Å²) in [5.74, 6) is 0.676. The lowest BCUT2D eigenvalue weighted by Crippen LogP contribution is -2.02. The van der Waals surface area contributed by atoms with Crippen molar-refractivity contribution in [2.24, 2.45) is 0 Å². The van der Waals surface area contributed by atoms with Crippen molar-refractivity contribution in [2.45, 2.75) is 12.3 Å². The number of fused-ring (bicyclic) bond motifs is 1. The number of halogens is 1. The van der Waals surface area contributed by atoms with Crippen molar-refractivity contribution in [1.29, 1.82) is 0 Å². The van der Waals surface area contributed by atoms with Gasteiger partial charge in [0.05, 0.1) is 11.4 Å². The summed E-state index contributed by atoms with van der Waals surface area (Å²) in [5, 5.41) is 3.15. The van der Waals surface area contributed by atoms with E-state index in [1.807, 2.05) is 36.4 Å². The van der Waals surface area contributed by atoms with Crippen LogP contribution in [0.15, 0.2) is 42.5 Å². The fourth-order valence-electron chi connectivity index (χ4n) is 1.95. The number of rotatable bonds is 3. The predicted molar refractivity (Wildman–Crippen MR) is 75.1 cm³/mol. The summed E-state index contributed by atoms with van der Waals surface area (Å²) in [4.78, 5) is 0. The van der Waals surface area contributed by atoms with Crippen LogP contribution in [0.25, 0.3) is 0 Å².